The van der Waals surface area contributed by atoms with E-state index in [0.717, 1.165) is 17.1 Å². The van der Waals surface area contributed by atoms with Crippen LogP contribution in [0, 0.1) is 0 Å². The third-order valence-electron chi connectivity index (χ3n) is 2.67. The molecular weight excluding hydrogens is 378 g/mol. The van der Waals surface area contributed by atoms with Gasteiger partial charge in [-0.1, -0.05) is 12.1 Å². The predicted octanol–water partition coefficient (Wildman–Crippen LogP) is 2.82. The van der Waals surface area contributed by atoms with E-state index in [1.54, 1.807) is 33.1 Å². The average Bonchev–Trinajstić information content (AvgIpc) is 2.91. The topological polar surface area (TPSA) is 113 Å². The number of rotatable bonds is 8. The molecule has 26 heavy (non-hydrogen) atoms. The lowest BCUT2D eigenvalue weighted by molar-refractivity contribution is -0.167. The molecule has 0 saturated carbocycles. The second-order valence-electron chi connectivity index (χ2n) is 6.22. The molecule has 0 aromatic carbocycles. The Hall–Kier alpha value is -1.81. The SMILES string of the molecule is CCSC(C)OC(=O)C(=NOC(C)C(=O)OC(C)(C)C)c1csc(N)n1. The first kappa shape index (κ1) is 22.2. The maximum atomic E-state index is 12.4. The van der Waals surface area contributed by atoms with Crippen LogP contribution in [0.25, 0.3) is 0 Å². The molecule has 1 rings (SSSR count). The molecule has 0 saturated heterocycles. The van der Waals surface area contributed by atoms with Crippen molar-refractivity contribution in [3.05, 3.63) is 11.1 Å². The first-order valence-electron chi connectivity index (χ1n) is 8.04. The molecule has 0 bridgehead atoms. The van der Waals surface area contributed by atoms with Crippen LogP contribution in [0.15, 0.2) is 10.5 Å². The third-order valence-corrected chi connectivity index (χ3v) is 4.25. The van der Waals surface area contributed by atoms with Crippen molar-refractivity contribution >= 4 is 45.9 Å². The van der Waals surface area contributed by atoms with Gasteiger partial charge < -0.3 is 20.0 Å². The van der Waals surface area contributed by atoms with E-state index in [2.05, 4.69) is 10.1 Å². The fourth-order valence-electron chi connectivity index (χ4n) is 1.62. The summed E-state index contributed by atoms with van der Waals surface area (Å²) in [7, 11) is 0. The summed E-state index contributed by atoms with van der Waals surface area (Å²) >= 11 is 2.61. The minimum Gasteiger partial charge on any atom is -0.457 e. The van der Waals surface area contributed by atoms with E-state index in [1.807, 2.05) is 6.92 Å². The van der Waals surface area contributed by atoms with E-state index in [1.165, 1.54) is 18.7 Å². The molecule has 10 heteroatoms. The summed E-state index contributed by atoms with van der Waals surface area (Å²) < 4.78 is 10.5. The summed E-state index contributed by atoms with van der Waals surface area (Å²) in [6.45, 7) is 10.4. The molecule has 1 aromatic rings. The second-order valence-corrected chi connectivity index (χ2v) is 8.68. The minimum atomic E-state index is -1.00. The largest absolute Gasteiger partial charge is 0.457 e. The first-order chi connectivity index (χ1) is 12.0. The van der Waals surface area contributed by atoms with E-state index in [4.69, 9.17) is 20.0 Å². The molecule has 0 aliphatic carbocycles. The fourth-order valence-corrected chi connectivity index (χ4v) is 2.79. The van der Waals surface area contributed by atoms with Crippen LogP contribution in [-0.4, -0.2) is 45.5 Å². The number of nitrogen functional groups attached to an aromatic ring is 1. The van der Waals surface area contributed by atoms with E-state index in [-0.39, 0.29) is 22.0 Å². The first-order valence-corrected chi connectivity index (χ1v) is 9.97. The van der Waals surface area contributed by atoms with Crippen molar-refractivity contribution in [1.29, 1.82) is 0 Å². The van der Waals surface area contributed by atoms with Crippen LogP contribution in [0.3, 0.4) is 0 Å². The van der Waals surface area contributed by atoms with Crippen LogP contribution >= 0.6 is 23.1 Å². The Balaban J connectivity index is 2.92. The van der Waals surface area contributed by atoms with Crippen LogP contribution in [0.1, 0.15) is 47.2 Å². The van der Waals surface area contributed by atoms with Crippen molar-refractivity contribution < 1.29 is 23.9 Å². The number of nitrogens with two attached hydrogens (primary N) is 1. The molecule has 2 N–H and O–H groups in total. The number of nitrogens with zero attached hydrogens (tertiary/aromatic N) is 2. The Labute approximate surface area is 161 Å². The molecule has 146 valence electrons. The summed E-state index contributed by atoms with van der Waals surface area (Å²) in [5, 5.41) is 5.63. The van der Waals surface area contributed by atoms with Gasteiger partial charge in [0.05, 0.1) is 0 Å². The number of hydrogen-bond acceptors (Lipinski definition) is 10. The number of ether oxygens (including phenoxy) is 2. The number of anilines is 1. The molecular formula is C16H25N3O5S2. The van der Waals surface area contributed by atoms with Gasteiger partial charge in [0.25, 0.3) is 0 Å². The van der Waals surface area contributed by atoms with Crippen LogP contribution in [0.2, 0.25) is 0 Å². The molecule has 0 aliphatic heterocycles. The van der Waals surface area contributed by atoms with Gasteiger partial charge >= 0.3 is 11.9 Å². The van der Waals surface area contributed by atoms with Gasteiger partial charge in [0.15, 0.2) is 5.13 Å². The zero-order valence-electron chi connectivity index (χ0n) is 15.8. The monoisotopic (exact) mass is 403 g/mol. The van der Waals surface area contributed by atoms with Crippen LogP contribution in [0.5, 0.6) is 0 Å². The highest BCUT2D eigenvalue weighted by molar-refractivity contribution is 7.99. The number of hydrogen-bond donors (Lipinski definition) is 1. The zero-order chi connectivity index (χ0) is 19.9. The van der Waals surface area contributed by atoms with Crippen molar-refractivity contribution in [1.82, 2.24) is 4.98 Å². The summed E-state index contributed by atoms with van der Waals surface area (Å²) in [6.07, 6.45) is -1.00. The molecule has 2 atom stereocenters. The van der Waals surface area contributed by atoms with Crippen molar-refractivity contribution in [3.8, 4) is 0 Å². The number of oxime groups is 1. The third kappa shape index (κ3) is 7.61. The summed E-state index contributed by atoms with van der Waals surface area (Å²) in [4.78, 5) is 33.6. The highest BCUT2D eigenvalue weighted by Gasteiger charge is 2.26. The number of thiazole rings is 1. The summed E-state index contributed by atoms with van der Waals surface area (Å²) in [5.74, 6) is -0.515. The van der Waals surface area contributed by atoms with Crippen molar-refractivity contribution in [3.63, 3.8) is 0 Å². The quantitative estimate of drug-likeness (QED) is 0.305. The number of thioether (sulfide) groups is 1. The molecule has 0 spiro atoms. The van der Waals surface area contributed by atoms with Gasteiger partial charge in [-0.15, -0.1) is 23.1 Å². The number of aromatic nitrogens is 1. The Morgan fingerprint density at radius 3 is 2.54 bits per heavy atom. The zero-order valence-corrected chi connectivity index (χ0v) is 17.4. The smallest absolute Gasteiger partial charge is 0.363 e. The van der Waals surface area contributed by atoms with E-state index in [9.17, 15) is 9.59 Å². The molecule has 0 aliphatic rings. The van der Waals surface area contributed by atoms with Crippen LogP contribution in [0.4, 0.5) is 5.13 Å². The standard InChI is InChI=1S/C16H25N3O5S2/c1-7-25-10(3)22-14(21)12(11-8-26-15(17)18-11)19-24-9(2)13(20)23-16(4,5)6/h8-10H,7H2,1-6H3,(H2,17,18). The van der Waals surface area contributed by atoms with E-state index in [0.29, 0.717) is 0 Å². The summed E-state index contributed by atoms with van der Waals surface area (Å²) in [6, 6.07) is 0. The van der Waals surface area contributed by atoms with Gasteiger partial charge in [-0.25, -0.2) is 14.6 Å². The van der Waals surface area contributed by atoms with Crippen LogP contribution in [-0.2, 0) is 23.9 Å². The Kier molecular flexibility index (Phi) is 8.35. The van der Waals surface area contributed by atoms with Crippen molar-refractivity contribution in [2.45, 2.75) is 58.7 Å². The van der Waals surface area contributed by atoms with E-state index >= 15 is 0 Å². The maximum absolute atomic E-state index is 12.4. The second kappa shape index (κ2) is 9.77. The van der Waals surface area contributed by atoms with E-state index < -0.39 is 23.6 Å². The molecule has 1 aromatic heterocycles. The predicted molar refractivity (Wildman–Crippen MR) is 103 cm³/mol. The Bertz CT molecular complexity index is 655. The highest BCUT2D eigenvalue weighted by atomic mass is 32.2. The van der Waals surface area contributed by atoms with Crippen molar-refractivity contribution in [2.24, 2.45) is 5.16 Å². The molecule has 2 unspecified atom stereocenters. The molecule has 0 fully saturated rings. The fraction of sp³-hybridized carbons (Fsp3) is 0.625. The molecule has 1 heterocycles. The van der Waals surface area contributed by atoms with Gasteiger partial charge in [-0.05, 0) is 40.4 Å². The molecule has 0 amide bonds. The highest BCUT2D eigenvalue weighted by Crippen LogP contribution is 2.17. The number of carbonyl (C=O) groups is 2. The lowest BCUT2D eigenvalue weighted by atomic mass is 10.2. The average molecular weight is 404 g/mol. The van der Waals surface area contributed by atoms with Gasteiger partial charge in [0.1, 0.15) is 16.7 Å². The normalized spacial score (nSPS) is 14.5. The van der Waals surface area contributed by atoms with Gasteiger partial charge in [0.2, 0.25) is 11.8 Å². The maximum Gasteiger partial charge on any atom is 0.363 e. The Morgan fingerprint density at radius 2 is 2.04 bits per heavy atom. The van der Waals surface area contributed by atoms with Gasteiger partial charge in [0, 0.05) is 5.38 Å². The molecule has 8 nitrogen and oxygen atoms in total. The lowest BCUT2D eigenvalue weighted by Gasteiger charge is -2.21. The summed E-state index contributed by atoms with van der Waals surface area (Å²) in [5.41, 5.74) is 4.67. The number of carbonyl (C=O) groups excluding carboxylic acids is 2. The number of esters is 2. The van der Waals surface area contributed by atoms with Crippen LogP contribution < -0.4 is 5.73 Å². The lowest BCUT2D eigenvalue weighted by Crippen LogP contribution is -2.31. The van der Waals surface area contributed by atoms with Gasteiger partial charge in [-0.3, -0.25) is 0 Å². The van der Waals surface area contributed by atoms with Gasteiger partial charge in [-0.2, -0.15) is 0 Å². The molecule has 0 radical (unpaired) electrons. The minimum absolute atomic E-state index is 0.156. The Morgan fingerprint density at radius 1 is 1.38 bits per heavy atom. The van der Waals surface area contributed by atoms with Crippen molar-refractivity contribution in [2.75, 3.05) is 11.5 Å².